The zero-order chi connectivity index (χ0) is 23.5. The SMILES string of the molecule is O=C(NCCNS(=O)(=O)c1ccc(F)c(C(F)(F)F)c1)c1ccc(NC(=O)C2CC2)cc1. The van der Waals surface area contributed by atoms with E-state index in [1.165, 1.54) is 12.1 Å². The van der Waals surface area contributed by atoms with Crippen LogP contribution in [0.5, 0.6) is 0 Å². The van der Waals surface area contributed by atoms with Gasteiger partial charge in [-0.3, -0.25) is 9.59 Å². The molecule has 2 aromatic carbocycles. The van der Waals surface area contributed by atoms with E-state index in [9.17, 15) is 35.6 Å². The molecule has 2 amide bonds. The zero-order valence-corrected chi connectivity index (χ0v) is 17.3. The Balaban J connectivity index is 1.51. The zero-order valence-electron chi connectivity index (χ0n) is 16.5. The topological polar surface area (TPSA) is 104 Å². The molecule has 1 fully saturated rings. The van der Waals surface area contributed by atoms with Gasteiger partial charge in [-0.15, -0.1) is 0 Å². The molecule has 172 valence electrons. The fourth-order valence-corrected chi connectivity index (χ4v) is 3.79. The van der Waals surface area contributed by atoms with Crippen LogP contribution in [-0.2, 0) is 21.0 Å². The second-order valence-electron chi connectivity index (χ2n) is 7.13. The molecule has 7 nitrogen and oxygen atoms in total. The first kappa shape index (κ1) is 23.7. The highest BCUT2D eigenvalue weighted by Crippen LogP contribution is 2.32. The Morgan fingerprint density at radius 2 is 1.66 bits per heavy atom. The molecule has 12 heteroatoms. The third kappa shape index (κ3) is 6.04. The van der Waals surface area contributed by atoms with Gasteiger partial charge in [0.15, 0.2) is 0 Å². The summed E-state index contributed by atoms with van der Waals surface area (Å²) in [6.07, 6.45) is -3.32. The van der Waals surface area contributed by atoms with E-state index in [4.69, 9.17) is 0 Å². The van der Waals surface area contributed by atoms with Crippen molar-refractivity contribution in [2.24, 2.45) is 5.92 Å². The van der Waals surface area contributed by atoms with Gasteiger partial charge in [0.1, 0.15) is 5.82 Å². The fraction of sp³-hybridized carbons (Fsp3) is 0.300. The highest BCUT2D eigenvalue weighted by atomic mass is 32.2. The molecule has 1 saturated carbocycles. The monoisotopic (exact) mass is 473 g/mol. The summed E-state index contributed by atoms with van der Waals surface area (Å²) in [5, 5.41) is 5.19. The minimum Gasteiger partial charge on any atom is -0.351 e. The van der Waals surface area contributed by atoms with E-state index in [0.29, 0.717) is 11.8 Å². The van der Waals surface area contributed by atoms with Gasteiger partial charge in [-0.1, -0.05) is 0 Å². The second-order valence-corrected chi connectivity index (χ2v) is 8.90. The van der Waals surface area contributed by atoms with Gasteiger partial charge >= 0.3 is 6.18 Å². The van der Waals surface area contributed by atoms with Crippen molar-refractivity contribution in [3.63, 3.8) is 0 Å². The van der Waals surface area contributed by atoms with Crippen LogP contribution < -0.4 is 15.4 Å². The van der Waals surface area contributed by atoms with Crippen LogP contribution in [-0.4, -0.2) is 33.3 Å². The molecule has 0 aromatic heterocycles. The molecular weight excluding hydrogens is 454 g/mol. The molecule has 0 saturated heterocycles. The predicted molar refractivity (Wildman–Crippen MR) is 107 cm³/mol. The molecule has 3 rings (SSSR count). The number of sulfonamides is 1. The molecule has 3 N–H and O–H groups in total. The Kier molecular flexibility index (Phi) is 6.84. The van der Waals surface area contributed by atoms with Crippen LogP contribution in [0.3, 0.4) is 0 Å². The number of hydrogen-bond donors (Lipinski definition) is 3. The van der Waals surface area contributed by atoms with Gasteiger partial charge in [0.25, 0.3) is 5.91 Å². The summed E-state index contributed by atoms with van der Waals surface area (Å²) >= 11 is 0. The van der Waals surface area contributed by atoms with E-state index in [1.807, 2.05) is 4.72 Å². The van der Waals surface area contributed by atoms with E-state index >= 15 is 0 Å². The van der Waals surface area contributed by atoms with Crippen molar-refractivity contribution < 1.29 is 35.6 Å². The Hall–Kier alpha value is -2.99. The van der Waals surface area contributed by atoms with Crippen LogP contribution in [0, 0.1) is 11.7 Å². The molecule has 2 aromatic rings. The maximum absolute atomic E-state index is 13.3. The van der Waals surface area contributed by atoms with Gasteiger partial charge in [0, 0.05) is 30.3 Å². The third-order valence-corrected chi connectivity index (χ3v) is 6.08. The molecule has 32 heavy (non-hydrogen) atoms. The third-order valence-electron chi connectivity index (χ3n) is 4.62. The number of hydrogen-bond acceptors (Lipinski definition) is 4. The summed E-state index contributed by atoms with van der Waals surface area (Å²) in [6, 6.07) is 7.44. The lowest BCUT2D eigenvalue weighted by Crippen LogP contribution is -2.34. The summed E-state index contributed by atoms with van der Waals surface area (Å²) < 4.78 is 78.0. The van der Waals surface area contributed by atoms with Crippen LogP contribution in [0.25, 0.3) is 0 Å². The van der Waals surface area contributed by atoms with E-state index in [-0.39, 0.29) is 36.5 Å². The number of alkyl halides is 3. The average Bonchev–Trinajstić information content (AvgIpc) is 3.56. The Morgan fingerprint density at radius 1 is 1.00 bits per heavy atom. The number of carbonyl (C=O) groups excluding carboxylic acids is 2. The minimum atomic E-state index is -5.04. The van der Waals surface area contributed by atoms with Crippen LogP contribution in [0.2, 0.25) is 0 Å². The molecule has 1 aliphatic rings. The molecule has 0 unspecified atom stereocenters. The van der Waals surface area contributed by atoms with E-state index in [0.717, 1.165) is 18.9 Å². The normalized spacial score (nSPS) is 14.1. The molecule has 0 radical (unpaired) electrons. The Morgan fingerprint density at radius 3 is 2.25 bits per heavy atom. The summed E-state index contributed by atoms with van der Waals surface area (Å²) in [5.74, 6) is -2.12. The number of carbonyl (C=O) groups is 2. The molecule has 0 bridgehead atoms. The number of benzene rings is 2. The smallest absolute Gasteiger partial charge is 0.351 e. The lowest BCUT2D eigenvalue weighted by molar-refractivity contribution is -0.140. The molecular formula is C20H19F4N3O4S. The number of anilines is 1. The molecule has 0 aliphatic heterocycles. The lowest BCUT2D eigenvalue weighted by atomic mass is 10.2. The summed E-state index contributed by atoms with van der Waals surface area (Å²) in [7, 11) is -4.35. The van der Waals surface area contributed by atoms with Crippen molar-refractivity contribution in [2.45, 2.75) is 23.9 Å². The average molecular weight is 473 g/mol. The largest absolute Gasteiger partial charge is 0.419 e. The van der Waals surface area contributed by atoms with Crippen molar-refractivity contribution in [3.05, 3.63) is 59.4 Å². The predicted octanol–water partition coefficient (Wildman–Crippen LogP) is 2.90. The first-order valence-corrected chi connectivity index (χ1v) is 11.0. The van der Waals surface area contributed by atoms with Crippen LogP contribution in [0.4, 0.5) is 23.2 Å². The van der Waals surface area contributed by atoms with Crippen LogP contribution in [0.15, 0.2) is 47.4 Å². The fourth-order valence-electron chi connectivity index (χ4n) is 2.73. The number of rotatable bonds is 8. The first-order chi connectivity index (χ1) is 15.0. The summed E-state index contributed by atoms with van der Waals surface area (Å²) in [6.45, 7) is -0.451. The van der Waals surface area contributed by atoms with Crippen molar-refractivity contribution in [1.29, 1.82) is 0 Å². The highest BCUT2D eigenvalue weighted by molar-refractivity contribution is 7.89. The van der Waals surface area contributed by atoms with Gasteiger partial charge in [0.05, 0.1) is 10.5 Å². The lowest BCUT2D eigenvalue weighted by Gasteiger charge is -2.12. The molecule has 0 spiro atoms. The first-order valence-electron chi connectivity index (χ1n) is 9.53. The molecule has 1 aliphatic carbocycles. The van der Waals surface area contributed by atoms with Crippen molar-refractivity contribution in [1.82, 2.24) is 10.0 Å². The molecule has 0 atom stereocenters. The van der Waals surface area contributed by atoms with E-state index < -0.39 is 38.4 Å². The minimum absolute atomic E-state index is 0.0386. The number of halogens is 4. The van der Waals surface area contributed by atoms with Crippen LogP contribution in [0.1, 0.15) is 28.8 Å². The van der Waals surface area contributed by atoms with Gasteiger partial charge in [0.2, 0.25) is 15.9 Å². The van der Waals surface area contributed by atoms with Crippen molar-refractivity contribution in [2.75, 3.05) is 18.4 Å². The van der Waals surface area contributed by atoms with Gasteiger partial charge in [-0.25, -0.2) is 17.5 Å². The highest BCUT2D eigenvalue weighted by Gasteiger charge is 2.35. The maximum Gasteiger partial charge on any atom is 0.419 e. The van der Waals surface area contributed by atoms with Crippen LogP contribution >= 0.6 is 0 Å². The molecule has 0 heterocycles. The van der Waals surface area contributed by atoms with E-state index in [1.54, 1.807) is 12.1 Å². The van der Waals surface area contributed by atoms with Gasteiger partial charge < -0.3 is 10.6 Å². The quantitative estimate of drug-likeness (QED) is 0.405. The van der Waals surface area contributed by atoms with E-state index in [2.05, 4.69) is 10.6 Å². The second kappa shape index (κ2) is 9.25. The van der Waals surface area contributed by atoms with Crippen molar-refractivity contribution in [3.8, 4) is 0 Å². The Labute approximate surface area is 181 Å². The van der Waals surface area contributed by atoms with Gasteiger partial charge in [-0.2, -0.15) is 13.2 Å². The number of nitrogens with one attached hydrogen (secondary N) is 3. The van der Waals surface area contributed by atoms with Crippen molar-refractivity contribution >= 4 is 27.5 Å². The maximum atomic E-state index is 13.3. The van der Waals surface area contributed by atoms with Gasteiger partial charge in [-0.05, 0) is 55.3 Å². The Bertz CT molecular complexity index is 1110. The summed E-state index contributed by atoms with van der Waals surface area (Å²) in [4.78, 5) is 23.1. The standard InChI is InChI=1S/C20H19F4N3O4S/c21-17-8-7-15(11-16(17)20(22,23)24)32(30,31)26-10-9-25-18(28)12-3-5-14(6-4-12)27-19(29)13-1-2-13/h3-8,11,13,26H,1-2,9-10H2,(H,25,28)(H,27,29). The number of amides is 2. The summed E-state index contributed by atoms with van der Waals surface area (Å²) in [5.41, 5.74) is -0.875.